The first-order valence-electron chi connectivity index (χ1n) is 10.6. The summed E-state index contributed by atoms with van der Waals surface area (Å²) >= 11 is 1.11. The molecule has 0 saturated heterocycles. The van der Waals surface area contributed by atoms with Crippen LogP contribution in [-0.4, -0.2) is 32.6 Å². The molecule has 35 heavy (non-hydrogen) atoms. The average Bonchev–Trinajstić information content (AvgIpc) is 3.53. The highest BCUT2D eigenvalue weighted by Gasteiger charge is 2.31. The summed E-state index contributed by atoms with van der Waals surface area (Å²) in [6.07, 6.45) is -1.60. The number of aromatic nitrogens is 3. The highest BCUT2D eigenvalue weighted by molar-refractivity contribution is 7.99. The monoisotopic (exact) mass is 499 g/mol. The lowest BCUT2D eigenvalue weighted by Crippen LogP contribution is -2.28. The number of carbonyl (C=O) groups excluding carboxylic acids is 1. The van der Waals surface area contributed by atoms with Crippen molar-refractivity contribution in [2.24, 2.45) is 5.10 Å². The average molecular weight is 500 g/mol. The third-order valence-electron chi connectivity index (χ3n) is 4.88. The Morgan fingerprint density at radius 1 is 1.11 bits per heavy atom. The Labute approximate surface area is 203 Å². The normalized spacial score (nSPS) is 11.8. The summed E-state index contributed by atoms with van der Waals surface area (Å²) in [6.45, 7) is 2.43. The minimum Gasteiger partial charge on any atom is -0.461 e. The maximum absolute atomic E-state index is 13.3. The molecule has 11 heteroatoms. The molecule has 180 valence electrons. The molecule has 0 unspecified atom stereocenters. The molecule has 0 N–H and O–H groups in total. The first kappa shape index (κ1) is 24.3. The summed E-state index contributed by atoms with van der Waals surface area (Å²) < 4.78 is 47.0. The summed E-state index contributed by atoms with van der Waals surface area (Å²) in [7, 11) is 0. The molecule has 2 heterocycles. The number of nitrogens with zero attached hydrogens (tertiary/aromatic N) is 5. The number of hydrazone groups is 1. The minimum atomic E-state index is -4.55. The number of amides is 1. The molecule has 0 spiro atoms. The molecular weight excluding hydrogens is 479 g/mol. The van der Waals surface area contributed by atoms with Crippen LogP contribution in [0.5, 0.6) is 0 Å². The molecule has 7 nitrogen and oxygen atoms in total. The van der Waals surface area contributed by atoms with Gasteiger partial charge in [0.15, 0.2) is 16.7 Å². The van der Waals surface area contributed by atoms with Gasteiger partial charge in [-0.3, -0.25) is 9.36 Å². The Hall–Kier alpha value is -3.86. The Morgan fingerprint density at radius 2 is 1.91 bits per heavy atom. The predicted molar refractivity (Wildman–Crippen MR) is 127 cm³/mol. The maximum Gasteiger partial charge on any atom is 0.416 e. The summed E-state index contributed by atoms with van der Waals surface area (Å²) in [5.41, 5.74) is -0.172. The third kappa shape index (κ3) is 5.80. The van der Waals surface area contributed by atoms with Gasteiger partial charge < -0.3 is 4.42 Å². The van der Waals surface area contributed by atoms with Crippen molar-refractivity contribution >= 4 is 29.6 Å². The van der Waals surface area contributed by atoms with Crippen LogP contribution in [0.1, 0.15) is 18.1 Å². The molecule has 0 aliphatic rings. The molecule has 0 aliphatic carbocycles. The van der Waals surface area contributed by atoms with Crippen molar-refractivity contribution in [3.8, 4) is 11.6 Å². The number of hydrogen-bond donors (Lipinski definition) is 0. The van der Waals surface area contributed by atoms with Crippen LogP contribution in [0.4, 0.5) is 18.9 Å². The Bertz CT molecular complexity index is 1300. The molecule has 0 aliphatic heterocycles. The number of alkyl halides is 3. The summed E-state index contributed by atoms with van der Waals surface area (Å²) in [4.78, 5) is 13.2. The zero-order chi connectivity index (χ0) is 24.8. The molecule has 0 bridgehead atoms. The zero-order valence-electron chi connectivity index (χ0n) is 18.5. The van der Waals surface area contributed by atoms with Crippen LogP contribution in [0.15, 0.2) is 87.7 Å². The van der Waals surface area contributed by atoms with Crippen LogP contribution in [0.2, 0.25) is 0 Å². The zero-order valence-corrected chi connectivity index (χ0v) is 19.3. The minimum absolute atomic E-state index is 0.00541. The van der Waals surface area contributed by atoms with Crippen molar-refractivity contribution in [3.05, 3.63) is 84.1 Å². The fourth-order valence-electron chi connectivity index (χ4n) is 3.21. The molecule has 4 rings (SSSR count). The van der Waals surface area contributed by atoms with Gasteiger partial charge in [-0.05, 0) is 42.8 Å². The van der Waals surface area contributed by atoms with Gasteiger partial charge in [0.1, 0.15) is 0 Å². The van der Waals surface area contributed by atoms with E-state index in [1.54, 1.807) is 41.0 Å². The molecule has 0 fully saturated rings. The van der Waals surface area contributed by atoms with Gasteiger partial charge >= 0.3 is 6.18 Å². The fourth-order valence-corrected chi connectivity index (χ4v) is 4.05. The van der Waals surface area contributed by atoms with Crippen molar-refractivity contribution in [2.75, 3.05) is 10.8 Å². The van der Waals surface area contributed by atoms with E-state index in [1.807, 2.05) is 13.0 Å². The van der Waals surface area contributed by atoms with E-state index in [0.717, 1.165) is 28.9 Å². The number of anilines is 1. The van der Waals surface area contributed by atoms with Crippen molar-refractivity contribution in [1.29, 1.82) is 0 Å². The lowest BCUT2D eigenvalue weighted by Gasteiger charge is -2.18. The van der Waals surface area contributed by atoms with Crippen molar-refractivity contribution in [2.45, 2.75) is 24.8 Å². The van der Waals surface area contributed by atoms with Crippen LogP contribution >= 0.6 is 11.8 Å². The second-order valence-corrected chi connectivity index (χ2v) is 8.17. The molecule has 0 atom stereocenters. The lowest BCUT2D eigenvalue weighted by atomic mass is 10.2. The van der Waals surface area contributed by atoms with E-state index in [1.165, 1.54) is 24.6 Å². The van der Waals surface area contributed by atoms with Crippen LogP contribution in [-0.2, 0) is 17.5 Å². The molecule has 0 saturated carbocycles. The molecule has 2 aromatic carbocycles. The van der Waals surface area contributed by atoms with Crippen LogP contribution in [0.25, 0.3) is 11.6 Å². The first-order chi connectivity index (χ1) is 16.9. The van der Waals surface area contributed by atoms with Gasteiger partial charge in [0, 0.05) is 6.54 Å². The smallest absolute Gasteiger partial charge is 0.416 e. The van der Waals surface area contributed by atoms with E-state index in [4.69, 9.17) is 4.42 Å². The number of hydrogen-bond acceptors (Lipinski definition) is 6. The largest absolute Gasteiger partial charge is 0.461 e. The Kier molecular flexibility index (Phi) is 7.35. The number of furan rings is 1. The Morgan fingerprint density at radius 3 is 2.60 bits per heavy atom. The van der Waals surface area contributed by atoms with Gasteiger partial charge in [0.2, 0.25) is 0 Å². The van der Waals surface area contributed by atoms with Gasteiger partial charge in [-0.2, -0.15) is 18.3 Å². The van der Waals surface area contributed by atoms with E-state index < -0.39 is 17.6 Å². The number of benzene rings is 2. The summed E-state index contributed by atoms with van der Waals surface area (Å²) in [5.74, 6) is 0.408. The lowest BCUT2D eigenvalue weighted by molar-refractivity contribution is -0.137. The quantitative estimate of drug-likeness (QED) is 0.176. The van der Waals surface area contributed by atoms with Crippen molar-refractivity contribution < 1.29 is 22.4 Å². The molecule has 1 amide bonds. The SMILES string of the molecule is CCn1c(SCC(=O)N(/N=C/c2ccccc2)c2cccc(C(F)(F)F)c2)nnc1-c1ccco1. The van der Waals surface area contributed by atoms with Gasteiger partial charge in [0.05, 0.1) is 29.5 Å². The van der Waals surface area contributed by atoms with Crippen LogP contribution in [0, 0.1) is 0 Å². The molecule has 2 aromatic heterocycles. The standard InChI is InChI=1S/C24H20F3N5O2S/c1-2-31-22(20-12-7-13-34-20)29-30-23(31)35-16-21(33)32(28-15-17-8-4-3-5-9-17)19-11-6-10-18(14-19)24(25,26)27/h3-15H,2,16H2,1H3/b28-15+. The van der Waals surface area contributed by atoms with E-state index in [-0.39, 0.29) is 11.4 Å². The molecular formula is C24H20F3N5O2S. The van der Waals surface area contributed by atoms with Crippen LogP contribution < -0.4 is 5.01 Å². The Balaban J connectivity index is 1.59. The van der Waals surface area contributed by atoms with Crippen molar-refractivity contribution in [3.63, 3.8) is 0 Å². The van der Waals surface area contributed by atoms with Crippen molar-refractivity contribution in [1.82, 2.24) is 14.8 Å². The number of rotatable bonds is 8. The number of halogens is 3. The van der Waals surface area contributed by atoms with E-state index in [2.05, 4.69) is 15.3 Å². The van der Waals surface area contributed by atoms with E-state index >= 15 is 0 Å². The highest BCUT2D eigenvalue weighted by Crippen LogP contribution is 2.32. The predicted octanol–water partition coefficient (Wildman–Crippen LogP) is 5.74. The molecule has 0 radical (unpaired) electrons. The summed E-state index contributed by atoms with van der Waals surface area (Å²) in [6, 6.07) is 16.9. The second kappa shape index (κ2) is 10.6. The third-order valence-corrected chi connectivity index (χ3v) is 5.83. The van der Waals surface area contributed by atoms with Gasteiger partial charge in [-0.25, -0.2) is 5.01 Å². The number of carbonyl (C=O) groups is 1. The van der Waals surface area contributed by atoms with Gasteiger partial charge in [-0.15, -0.1) is 10.2 Å². The van der Waals surface area contributed by atoms with Gasteiger partial charge in [-0.1, -0.05) is 48.2 Å². The summed E-state index contributed by atoms with van der Waals surface area (Å²) in [5, 5.41) is 13.9. The first-order valence-corrected chi connectivity index (χ1v) is 11.5. The fraction of sp³-hybridized carbons (Fsp3) is 0.167. The van der Waals surface area contributed by atoms with E-state index in [9.17, 15) is 18.0 Å². The van der Waals surface area contributed by atoms with E-state index in [0.29, 0.717) is 28.8 Å². The van der Waals surface area contributed by atoms with Gasteiger partial charge in [0.25, 0.3) is 5.91 Å². The van der Waals surface area contributed by atoms with Crippen LogP contribution in [0.3, 0.4) is 0 Å². The second-order valence-electron chi connectivity index (χ2n) is 7.23. The molecule has 4 aromatic rings. The topological polar surface area (TPSA) is 76.5 Å². The number of thioether (sulfide) groups is 1. The highest BCUT2D eigenvalue weighted by atomic mass is 32.2. The maximum atomic E-state index is 13.3.